The number of ether oxygens (including phenoxy) is 2. The molecule has 2 unspecified atom stereocenters. The molecule has 10 heteroatoms. The summed E-state index contributed by atoms with van der Waals surface area (Å²) in [7, 11) is 0. The molecule has 27 heavy (non-hydrogen) atoms. The van der Waals surface area contributed by atoms with E-state index in [1.165, 1.54) is 4.80 Å². The molecule has 0 aliphatic carbocycles. The summed E-state index contributed by atoms with van der Waals surface area (Å²) in [6.07, 6.45) is 4.93. The Morgan fingerprint density at radius 3 is 2.70 bits per heavy atom. The van der Waals surface area contributed by atoms with E-state index in [4.69, 9.17) is 15.2 Å². The number of rotatable bonds is 4. The van der Waals surface area contributed by atoms with Crippen LogP contribution in [0.1, 0.15) is 27.2 Å². The summed E-state index contributed by atoms with van der Waals surface area (Å²) in [4.78, 5) is 17.6. The molecular weight excluding hydrogens is 350 g/mol. The van der Waals surface area contributed by atoms with Crippen molar-refractivity contribution < 1.29 is 14.3 Å². The van der Waals surface area contributed by atoms with E-state index in [1.54, 1.807) is 24.7 Å². The van der Waals surface area contributed by atoms with Gasteiger partial charge < -0.3 is 25.8 Å². The van der Waals surface area contributed by atoms with Crippen molar-refractivity contribution in [1.82, 2.24) is 25.3 Å². The Balaban J connectivity index is 1.62. The van der Waals surface area contributed by atoms with Crippen LogP contribution in [0.5, 0.6) is 0 Å². The molecule has 1 saturated heterocycles. The Bertz CT molecular complexity index is 773. The monoisotopic (exact) mass is 375 g/mol. The average Bonchev–Trinajstić information content (AvgIpc) is 3.10. The highest BCUT2D eigenvalue weighted by molar-refractivity contribution is 5.68. The van der Waals surface area contributed by atoms with Gasteiger partial charge in [-0.3, -0.25) is 0 Å². The maximum absolute atomic E-state index is 12.0. The molecule has 2 atom stereocenters. The predicted octanol–water partition coefficient (Wildman–Crippen LogP) is 1.34. The lowest BCUT2D eigenvalue weighted by atomic mass is 10.1. The highest BCUT2D eigenvalue weighted by Gasteiger charge is 2.26. The van der Waals surface area contributed by atoms with Crippen molar-refractivity contribution in [3.63, 3.8) is 0 Å². The normalized spacial score (nSPS) is 20.1. The van der Waals surface area contributed by atoms with Gasteiger partial charge >= 0.3 is 6.09 Å². The number of amides is 1. The van der Waals surface area contributed by atoms with E-state index >= 15 is 0 Å². The molecule has 0 saturated carbocycles. The number of nitrogens with zero attached hydrogens (tertiary/aromatic N) is 4. The molecule has 1 fully saturated rings. The van der Waals surface area contributed by atoms with Crippen molar-refractivity contribution in [3.8, 4) is 5.82 Å². The highest BCUT2D eigenvalue weighted by atomic mass is 16.6. The first kappa shape index (κ1) is 18.9. The second-order valence-electron chi connectivity index (χ2n) is 7.41. The molecule has 3 heterocycles. The number of carbonyl (C=O) groups excluding carboxylic acids is 1. The molecule has 4 N–H and O–H groups in total. The number of hydrogen-bond acceptors (Lipinski definition) is 8. The number of carbonyl (C=O) groups is 1. The van der Waals surface area contributed by atoms with Crippen molar-refractivity contribution >= 4 is 17.5 Å². The van der Waals surface area contributed by atoms with Crippen LogP contribution in [0.15, 0.2) is 24.7 Å². The number of nitrogen functional groups attached to an aromatic ring is 1. The van der Waals surface area contributed by atoms with Gasteiger partial charge in [0.05, 0.1) is 55.3 Å². The molecule has 0 spiro atoms. The quantitative estimate of drug-likeness (QED) is 0.730. The first-order chi connectivity index (χ1) is 12.8. The summed E-state index contributed by atoms with van der Waals surface area (Å²) in [5, 5.41) is 14.3. The van der Waals surface area contributed by atoms with Gasteiger partial charge in [0.1, 0.15) is 5.60 Å². The van der Waals surface area contributed by atoms with E-state index < -0.39 is 11.7 Å². The standard InChI is InChI=1S/C17H25N7O3/c1-17(2,3)27-16(25)23-12-6-11(9-26-10-12)22-14-7-15(19-8-13(14)18)24-20-4-5-21-24/h4-5,7-8,11-12H,6,9-10,18H2,1-3H3,(H,19,22)(H,23,25). The Morgan fingerprint density at radius 2 is 2.00 bits per heavy atom. The summed E-state index contributed by atoms with van der Waals surface area (Å²) in [5.74, 6) is 0.553. The van der Waals surface area contributed by atoms with E-state index in [0.717, 1.165) is 0 Å². The third kappa shape index (κ3) is 5.30. The van der Waals surface area contributed by atoms with E-state index in [0.29, 0.717) is 36.8 Å². The van der Waals surface area contributed by atoms with Gasteiger partial charge in [-0.25, -0.2) is 9.78 Å². The molecule has 0 radical (unpaired) electrons. The van der Waals surface area contributed by atoms with Crippen molar-refractivity contribution in [1.29, 1.82) is 0 Å². The first-order valence-electron chi connectivity index (χ1n) is 8.76. The Kier molecular flexibility index (Phi) is 5.45. The summed E-state index contributed by atoms with van der Waals surface area (Å²) in [5.41, 5.74) is 6.72. The Labute approximate surface area is 157 Å². The van der Waals surface area contributed by atoms with Gasteiger partial charge in [-0.05, 0) is 27.2 Å². The lowest BCUT2D eigenvalue weighted by Gasteiger charge is -2.32. The van der Waals surface area contributed by atoms with Gasteiger partial charge in [-0.2, -0.15) is 10.2 Å². The van der Waals surface area contributed by atoms with Gasteiger partial charge in [0.25, 0.3) is 0 Å². The van der Waals surface area contributed by atoms with Crippen LogP contribution in [0.2, 0.25) is 0 Å². The third-order valence-electron chi connectivity index (χ3n) is 3.83. The second kappa shape index (κ2) is 7.78. The largest absolute Gasteiger partial charge is 0.444 e. The minimum absolute atomic E-state index is 0.0261. The topological polar surface area (TPSA) is 129 Å². The van der Waals surface area contributed by atoms with Crippen molar-refractivity contribution in [2.24, 2.45) is 0 Å². The first-order valence-corrected chi connectivity index (χ1v) is 8.76. The Morgan fingerprint density at radius 1 is 1.30 bits per heavy atom. The number of aromatic nitrogens is 4. The number of anilines is 2. The minimum Gasteiger partial charge on any atom is -0.444 e. The number of alkyl carbamates (subject to hydrolysis) is 1. The third-order valence-corrected chi connectivity index (χ3v) is 3.83. The van der Waals surface area contributed by atoms with Crippen LogP contribution < -0.4 is 16.4 Å². The van der Waals surface area contributed by atoms with Crippen LogP contribution in [0, 0.1) is 0 Å². The van der Waals surface area contributed by atoms with Crippen LogP contribution in [-0.4, -0.2) is 57.0 Å². The van der Waals surface area contributed by atoms with Crippen molar-refractivity contribution in [2.75, 3.05) is 24.3 Å². The molecule has 146 valence electrons. The molecule has 2 aromatic heterocycles. The fourth-order valence-corrected chi connectivity index (χ4v) is 2.75. The fourth-order valence-electron chi connectivity index (χ4n) is 2.75. The maximum atomic E-state index is 12.0. The zero-order valence-corrected chi connectivity index (χ0v) is 15.7. The van der Waals surface area contributed by atoms with E-state index in [2.05, 4.69) is 25.8 Å². The molecule has 2 aromatic rings. The van der Waals surface area contributed by atoms with E-state index in [9.17, 15) is 4.79 Å². The van der Waals surface area contributed by atoms with Crippen LogP contribution in [0.3, 0.4) is 0 Å². The SMILES string of the molecule is CC(C)(C)OC(=O)NC1COCC(Nc2cc(-n3nccn3)ncc2N)C1. The van der Waals surface area contributed by atoms with Gasteiger partial charge in [0.15, 0.2) is 5.82 Å². The number of nitrogens with one attached hydrogen (secondary N) is 2. The Hall–Kier alpha value is -2.88. The second-order valence-corrected chi connectivity index (χ2v) is 7.41. The van der Waals surface area contributed by atoms with Crippen molar-refractivity contribution in [2.45, 2.75) is 44.9 Å². The molecule has 0 aromatic carbocycles. The molecule has 1 amide bonds. The molecule has 1 aliphatic heterocycles. The maximum Gasteiger partial charge on any atom is 0.407 e. The summed E-state index contributed by atoms with van der Waals surface area (Å²) in [6, 6.07) is 1.60. The van der Waals surface area contributed by atoms with Crippen LogP contribution in [-0.2, 0) is 9.47 Å². The molecular formula is C17H25N7O3. The lowest BCUT2D eigenvalue weighted by molar-refractivity contribution is 0.0320. The zero-order chi connectivity index (χ0) is 19.4. The lowest BCUT2D eigenvalue weighted by Crippen LogP contribution is -2.48. The number of pyridine rings is 1. The smallest absolute Gasteiger partial charge is 0.407 e. The van der Waals surface area contributed by atoms with Crippen LogP contribution in [0.25, 0.3) is 5.82 Å². The summed E-state index contributed by atoms with van der Waals surface area (Å²) < 4.78 is 10.9. The summed E-state index contributed by atoms with van der Waals surface area (Å²) >= 11 is 0. The van der Waals surface area contributed by atoms with Crippen molar-refractivity contribution in [3.05, 3.63) is 24.7 Å². The predicted molar refractivity (Wildman–Crippen MR) is 99.6 cm³/mol. The van der Waals surface area contributed by atoms with Gasteiger partial charge in [-0.1, -0.05) is 0 Å². The molecule has 10 nitrogen and oxygen atoms in total. The van der Waals surface area contributed by atoms with E-state index in [-0.39, 0.29) is 12.1 Å². The zero-order valence-electron chi connectivity index (χ0n) is 15.7. The number of nitrogens with two attached hydrogens (primary N) is 1. The molecule has 1 aliphatic rings. The fraction of sp³-hybridized carbons (Fsp3) is 0.529. The van der Waals surface area contributed by atoms with Crippen LogP contribution >= 0.6 is 0 Å². The minimum atomic E-state index is -0.542. The van der Waals surface area contributed by atoms with Gasteiger partial charge in [0, 0.05) is 6.07 Å². The summed E-state index contributed by atoms with van der Waals surface area (Å²) in [6.45, 7) is 6.42. The van der Waals surface area contributed by atoms with Gasteiger partial charge in [-0.15, -0.1) is 4.80 Å². The van der Waals surface area contributed by atoms with Crippen LogP contribution in [0.4, 0.5) is 16.2 Å². The highest BCUT2D eigenvalue weighted by Crippen LogP contribution is 2.22. The molecule has 0 bridgehead atoms. The average molecular weight is 375 g/mol. The van der Waals surface area contributed by atoms with Gasteiger partial charge in [0.2, 0.25) is 0 Å². The number of hydrogen-bond donors (Lipinski definition) is 3. The molecule has 3 rings (SSSR count). The van der Waals surface area contributed by atoms with E-state index in [1.807, 2.05) is 20.8 Å².